The van der Waals surface area contributed by atoms with Crippen LogP contribution in [0.1, 0.15) is 18.1 Å². The van der Waals surface area contributed by atoms with Crippen LogP contribution < -0.4 is 14.2 Å². The number of nitrogens with zero attached hydrogens (tertiary/aromatic N) is 1. The van der Waals surface area contributed by atoms with Gasteiger partial charge in [0.1, 0.15) is 19.0 Å². The standard InChI is InChI=1S/C27H21Cl3INO5S/c1-2-35-23-12-16(11-22(31)25(23)37-15-17-3-4-19(29)14-21(17)30)13-24-26(33)32(27(34)38-24)9-10-36-20-7-5-18(28)6-8-20/h3-8,11-14H,2,9-10,15H2,1H3/b24-13-. The van der Waals surface area contributed by atoms with Gasteiger partial charge in [-0.3, -0.25) is 14.5 Å². The minimum Gasteiger partial charge on any atom is -0.492 e. The summed E-state index contributed by atoms with van der Waals surface area (Å²) in [6, 6.07) is 15.7. The summed E-state index contributed by atoms with van der Waals surface area (Å²) in [6.45, 7) is 2.82. The number of thioether (sulfide) groups is 1. The molecule has 0 unspecified atom stereocenters. The molecule has 0 aromatic heterocycles. The van der Waals surface area contributed by atoms with Crippen LogP contribution >= 0.6 is 69.2 Å². The number of halogens is 4. The third kappa shape index (κ3) is 7.30. The Balaban J connectivity index is 1.46. The van der Waals surface area contributed by atoms with Gasteiger partial charge in [-0.15, -0.1) is 0 Å². The monoisotopic (exact) mass is 703 g/mol. The first-order valence-electron chi connectivity index (χ1n) is 11.4. The molecule has 0 aliphatic carbocycles. The number of carbonyl (C=O) groups excluding carboxylic acids is 2. The Morgan fingerprint density at radius 2 is 1.68 bits per heavy atom. The molecule has 1 aliphatic heterocycles. The maximum absolute atomic E-state index is 12.9. The summed E-state index contributed by atoms with van der Waals surface area (Å²) in [5, 5.41) is 1.31. The number of carbonyl (C=O) groups is 2. The molecule has 1 aliphatic rings. The number of hydrogen-bond donors (Lipinski definition) is 0. The minimum absolute atomic E-state index is 0.131. The van der Waals surface area contributed by atoms with Gasteiger partial charge in [0.05, 0.1) is 21.6 Å². The summed E-state index contributed by atoms with van der Waals surface area (Å²) >= 11 is 21.2. The summed E-state index contributed by atoms with van der Waals surface area (Å²) < 4.78 is 18.3. The predicted octanol–water partition coefficient (Wildman–Crippen LogP) is 8.34. The van der Waals surface area contributed by atoms with E-state index in [1.54, 1.807) is 48.5 Å². The number of ether oxygens (including phenoxy) is 3. The van der Waals surface area contributed by atoms with Gasteiger partial charge in [-0.2, -0.15) is 0 Å². The predicted molar refractivity (Wildman–Crippen MR) is 161 cm³/mol. The first-order chi connectivity index (χ1) is 18.2. The van der Waals surface area contributed by atoms with E-state index >= 15 is 0 Å². The number of imide groups is 1. The van der Waals surface area contributed by atoms with Crippen molar-refractivity contribution >= 4 is 86.4 Å². The molecular formula is C27H21Cl3INO5S. The first kappa shape index (κ1) is 28.9. The van der Waals surface area contributed by atoms with Crippen LogP contribution in [0.25, 0.3) is 6.08 Å². The lowest BCUT2D eigenvalue weighted by Gasteiger charge is -2.15. The van der Waals surface area contributed by atoms with Gasteiger partial charge in [-0.05, 0) is 101 Å². The molecule has 0 atom stereocenters. The molecule has 6 nitrogen and oxygen atoms in total. The lowest BCUT2D eigenvalue weighted by Crippen LogP contribution is -2.32. The van der Waals surface area contributed by atoms with E-state index in [-0.39, 0.29) is 30.9 Å². The van der Waals surface area contributed by atoms with Gasteiger partial charge in [0.25, 0.3) is 11.1 Å². The topological polar surface area (TPSA) is 65.1 Å². The highest BCUT2D eigenvalue weighted by Gasteiger charge is 2.35. The fourth-order valence-corrected chi connectivity index (χ4v) is 5.73. The Labute approximate surface area is 253 Å². The van der Waals surface area contributed by atoms with Crippen molar-refractivity contribution < 1.29 is 23.8 Å². The van der Waals surface area contributed by atoms with Gasteiger partial charge < -0.3 is 14.2 Å². The molecule has 11 heteroatoms. The van der Waals surface area contributed by atoms with Crippen molar-refractivity contribution in [1.29, 1.82) is 0 Å². The third-order valence-corrected chi connectivity index (χ3v) is 7.84. The summed E-state index contributed by atoms with van der Waals surface area (Å²) in [4.78, 5) is 27.0. The zero-order chi connectivity index (χ0) is 27.2. The Bertz CT molecular complexity index is 1380. The fraction of sp³-hybridized carbons (Fsp3) is 0.185. The zero-order valence-corrected chi connectivity index (χ0v) is 25.3. The van der Waals surface area contributed by atoms with Gasteiger partial charge in [0.2, 0.25) is 0 Å². The van der Waals surface area contributed by atoms with E-state index in [1.807, 2.05) is 19.1 Å². The molecule has 3 aromatic carbocycles. The zero-order valence-electron chi connectivity index (χ0n) is 20.0. The van der Waals surface area contributed by atoms with E-state index in [9.17, 15) is 9.59 Å². The van der Waals surface area contributed by atoms with Crippen LogP contribution in [0, 0.1) is 3.57 Å². The molecule has 198 valence electrons. The Morgan fingerprint density at radius 3 is 2.39 bits per heavy atom. The van der Waals surface area contributed by atoms with Crippen LogP contribution in [0.15, 0.2) is 59.5 Å². The smallest absolute Gasteiger partial charge is 0.293 e. The SMILES string of the molecule is CCOc1cc(/C=C2\SC(=O)N(CCOc3ccc(Cl)cc3)C2=O)cc(I)c1OCc1ccc(Cl)cc1Cl. The van der Waals surface area contributed by atoms with Gasteiger partial charge >= 0.3 is 0 Å². The molecule has 1 fully saturated rings. The van der Waals surface area contributed by atoms with Crippen molar-refractivity contribution in [2.75, 3.05) is 19.8 Å². The second-order valence-corrected chi connectivity index (χ2v) is 11.4. The highest BCUT2D eigenvalue weighted by molar-refractivity contribution is 14.1. The molecular weight excluding hydrogens is 684 g/mol. The number of rotatable bonds is 10. The van der Waals surface area contributed by atoms with Crippen LogP contribution in [0.4, 0.5) is 4.79 Å². The van der Waals surface area contributed by atoms with E-state index in [0.717, 1.165) is 20.9 Å². The second-order valence-electron chi connectivity index (χ2n) is 7.92. The molecule has 3 aromatic rings. The molecule has 0 radical (unpaired) electrons. The van der Waals surface area contributed by atoms with Gasteiger partial charge in [0.15, 0.2) is 11.5 Å². The maximum atomic E-state index is 12.9. The molecule has 1 saturated heterocycles. The number of hydrogen-bond acceptors (Lipinski definition) is 6. The summed E-state index contributed by atoms with van der Waals surface area (Å²) in [5.74, 6) is 1.32. The van der Waals surface area contributed by atoms with Crippen LogP contribution in [-0.4, -0.2) is 35.8 Å². The van der Waals surface area contributed by atoms with Crippen LogP contribution in [0.5, 0.6) is 17.2 Å². The lowest BCUT2D eigenvalue weighted by molar-refractivity contribution is -0.123. The number of amides is 2. The molecule has 0 N–H and O–H groups in total. The lowest BCUT2D eigenvalue weighted by atomic mass is 10.1. The Hall–Kier alpha value is -2.11. The van der Waals surface area contributed by atoms with E-state index in [1.165, 1.54) is 4.90 Å². The highest BCUT2D eigenvalue weighted by atomic mass is 127. The molecule has 0 bridgehead atoms. The summed E-state index contributed by atoms with van der Waals surface area (Å²) in [6.07, 6.45) is 1.68. The van der Waals surface area contributed by atoms with Gasteiger partial charge in [-0.25, -0.2) is 0 Å². The van der Waals surface area contributed by atoms with E-state index < -0.39 is 0 Å². The Morgan fingerprint density at radius 1 is 0.947 bits per heavy atom. The maximum Gasteiger partial charge on any atom is 0.293 e. The van der Waals surface area contributed by atoms with Gasteiger partial charge in [-0.1, -0.05) is 40.9 Å². The normalized spacial score (nSPS) is 14.3. The summed E-state index contributed by atoms with van der Waals surface area (Å²) in [5.41, 5.74) is 1.49. The second kappa shape index (κ2) is 13.3. The third-order valence-electron chi connectivity index (χ3n) is 5.29. The van der Waals surface area contributed by atoms with Crippen molar-refractivity contribution in [3.05, 3.63) is 89.3 Å². The van der Waals surface area contributed by atoms with Gasteiger partial charge in [0, 0.05) is 20.6 Å². The molecule has 0 saturated carbocycles. The highest BCUT2D eigenvalue weighted by Crippen LogP contribution is 2.38. The molecule has 2 amide bonds. The minimum atomic E-state index is -0.370. The fourth-order valence-electron chi connectivity index (χ4n) is 3.49. The van der Waals surface area contributed by atoms with Crippen LogP contribution in [-0.2, 0) is 11.4 Å². The average molecular weight is 705 g/mol. The van der Waals surface area contributed by atoms with Crippen molar-refractivity contribution in [2.24, 2.45) is 0 Å². The quantitative estimate of drug-likeness (QED) is 0.156. The van der Waals surface area contributed by atoms with Crippen molar-refractivity contribution in [3.8, 4) is 17.2 Å². The Kier molecular flexibility index (Phi) is 10.1. The van der Waals surface area contributed by atoms with Crippen molar-refractivity contribution in [2.45, 2.75) is 13.5 Å². The first-order valence-corrected chi connectivity index (χ1v) is 14.4. The average Bonchev–Trinajstić information content (AvgIpc) is 3.13. The van der Waals surface area contributed by atoms with E-state index in [2.05, 4.69) is 22.6 Å². The molecule has 1 heterocycles. The van der Waals surface area contributed by atoms with Crippen molar-refractivity contribution in [3.63, 3.8) is 0 Å². The largest absolute Gasteiger partial charge is 0.492 e. The number of benzene rings is 3. The van der Waals surface area contributed by atoms with Crippen LogP contribution in [0.2, 0.25) is 15.1 Å². The van der Waals surface area contributed by atoms with E-state index in [0.29, 0.717) is 49.4 Å². The summed E-state index contributed by atoms with van der Waals surface area (Å²) in [7, 11) is 0. The molecule has 4 rings (SSSR count). The van der Waals surface area contributed by atoms with Crippen LogP contribution in [0.3, 0.4) is 0 Å². The molecule has 38 heavy (non-hydrogen) atoms. The van der Waals surface area contributed by atoms with Crippen molar-refractivity contribution in [1.82, 2.24) is 4.90 Å². The molecule has 0 spiro atoms. The van der Waals surface area contributed by atoms with E-state index in [4.69, 9.17) is 49.0 Å².